The van der Waals surface area contributed by atoms with E-state index in [1.54, 1.807) is 20.8 Å². The molecular weight excluding hydrogens is 721 g/mol. The molecule has 0 radical (unpaired) electrons. The average Bonchev–Trinajstić information content (AvgIpc) is 3.18. The van der Waals surface area contributed by atoms with Gasteiger partial charge in [0.05, 0.1) is 19.6 Å². The predicted molar refractivity (Wildman–Crippen MR) is 235 cm³/mol. The van der Waals surface area contributed by atoms with Gasteiger partial charge in [0.2, 0.25) is 0 Å². The van der Waals surface area contributed by atoms with E-state index >= 15 is 0 Å². The van der Waals surface area contributed by atoms with Gasteiger partial charge in [0.15, 0.2) is 0 Å². The summed E-state index contributed by atoms with van der Waals surface area (Å²) >= 11 is 0. The van der Waals surface area contributed by atoms with Crippen LogP contribution in [-0.2, 0) is 34.6 Å². The van der Waals surface area contributed by atoms with Gasteiger partial charge < -0.3 is 19.1 Å². The second kappa shape index (κ2) is 18.5. The van der Waals surface area contributed by atoms with Gasteiger partial charge in [-0.3, -0.25) is 4.79 Å². The Morgan fingerprint density at radius 3 is 1.34 bits per heavy atom. The number of ether oxygens (including phenoxy) is 3. The molecule has 0 bridgehead atoms. The molecule has 0 amide bonds. The number of esters is 2. The van der Waals surface area contributed by atoms with Gasteiger partial charge in [0.25, 0.3) is 0 Å². The van der Waals surface area contributed by atoms with Crippen molar-refractivity contribution in [2.24, 2.45) is 0 Å². The van der Waals surface area contributed by atoms with Crippen LogP contribution in [0.15, 0.2) is 127 Å². The maximum absolute atomic E-state index is 12.8. The van der Waals surface area contributed by atoms with Crippen molar-refractivity contribution in [1.29, 1.82) is 5.26 Å². The number of carbonyl (C=O) groups excluding carboxylic acids is 2. The van der Waals surface area contributed by atoms with Crippen LogP contribution >= 0.6 is 0 Å². The first-order valence-electron chi connectivity index (χ1n) is 19.8. The number of anilines is 3. The smallest absolute Gasteiger partial charge is 0.348 e. The largest absolute Gasteiger partial charge is 0.460 e. The Balaban J connectivity index is 1.34. The fourth-order valence-corrected chi connectivity index (χ4v) is 6.32. The number of rotatable bonds is 13. The molecule has 0 aliphatic rings. The predicted octanol–water partition coefficient (Wildman–Crippen LogP) is 12.3. The first kappa shape index (κ1) is 43.2. The lowest BCUT2D eigenvalue weighted by atomic mass is 9.86. The van der Waals surface area contributed by atoms with Crippen molar-refractivity contribution in [3.05, 3.63) is 144 Å². The Bertz CT molecular complexity index is 2110. The van der Waals surface area contributed by atoms with E-state index < -0.39 is 11.6 Å². The highest BCUT2D eigenvalue weighted by Gasteiger charge is 2.18. The third-order valence-electron chi connectivity index (χ3n) is 9.55. The zero-order valence-electron chi connectivity index (χ0n) is 35.4. The number of carbonyl (C=O) groups is 2. The lowest BCUT2D eigenvalue weighted by Crippen LogP contribution is -2.24. The van der Waals surface area contributed by atoms with Crippen molar-refractivity contribution in [2.45, 2.75) is 85.2 Å². The molecule has 5 aromatic carbocycles. The summed E-state index contributed by atoms with van der Waals surface area (Å²) in [5, 5.41) is 9.79. The highest BCUT2D eigenvalue weighted by Crippen LogP contribution is 2.37. The van der Waals surface area contributed by atoms with Gasteiger partial charge in [-0.2, -0.15) is 5.26 Å². The van der Waals surface area contributed by atoms with E-state index in [-0.39, 0.29) is 48.6 Å². The molecule has 0 spiro atoms. The SMILES string of the molecule is CC(C)(C)OC(=O)CCOCCOC(=O)/C(C#N)=C\c1ccc(N(c2ccc(-c3ccc(C(C)(C)C)cc3)cc2)c2ccc(-c3ccc(C(C)(C)C)cc3)cc2)cc1. The van der Waals surface area contributed by atoms with E-state index in [0.717, 1.165) is 39.3 Å². The van der Waals surface area contributed by atoms with Crippen LogP contribution in [0.4, 0.5) is 17.1 Å². The van der Waals surface area contributed by atoms with Gasteiger partial charge in [-0.25, -0.2) is 4.79 Å². The van der Waals surface area contributed by atoms with E-state index in [1.807, 2.05) is 30.3 Å². The third-order valence-corrected chi connectivity index (χ3v) is 9.55. The monoisotopic (exact) mass is 776 g/mol. The summed E-state index contributed by atoms with van der Waals surface area (Å²) in [4.78, 5) is 26.8. The molecule has 0 aliphatic carbocycles. The van der Waals surface area contributed by atoms with Crippen molar-refractivity contribution in [1.82, 2.24) is 0 Å². The number of hydrogen-bond acceptors (Lipinski definition) is 7. The minimum absolute atomic E-state index is 0.0535. The molecule has 0 saturated heterocycles. The van der Waals surface area contributed by atoms with Gasteiger partial charge >= 0.3 is 11.9 Å². The Labute approximate surface area is 344 Å². The number of nitriles is 1. The van der Waals surface area contributed by atoms with Gasteiger partial charge in [0, 0.05) is 17.1 Å². The first-order chi connectivity index (χ1) is 27.4. The van der Waals surface area contributed by atoms with Crippen LogP contribution < -0.4 is 4.90 Å². The fourth-order valence-electron chi connectivity index (χ4n) is 6.32. The third kappa shape index (κ3) is 12.0. The molecule has 0 aliphatic heterocycles. The number of benzene rings is 5. The van der Waals surface area contributed by atoms with Crippen LogP contribution in [0.3, 0.4) is 0 Å². The lowest BCUT2D eigenvalue weighted by Gasteiger charge is -2.26. The Morgan fingerprint density at radius 2 is 0.966 bits per heavy atom. The highest BCUT2D eigenvalue weighted by atomic mass is 16.6. The topological polar surface area (TPSA) is 88.9 Å². The molecule has 58 heavy (non-hydrogen) atoms. The molecular formula is C51H56N2O5. The van der Waals surface area contributed by atoms with Gasteiger partial charge in [0.1, 0.15) is 23.9 Å². The van der Waals surface area contributed by atoms with Gasteiger partial charge in [-0.1, -0.05) is 126 Å². The molecule has 0 aromatic heterocycles. The van der Waals surface area contributed by atoms with Crippen LogP contribution in [0.5, 0.6) is 0 Å². The van der Waals surface area contributed by atoms with Crippen molar-refractivity contribution < 1.29 is 23.8 Å². The van der Waals surface area contributed by atoms with Gasteiger partial charge in [-0.15, -0.1) is 0 Å². The van der Waals surface area contributed by atoms with Crippen molar-refractivity contribution >= 4 is 35.1 Å². The summed E-state index contributed by atoms with van der Waals surface area (Å²) in [6, 6.07) is 44.3. The second-order valence-electron chi connectivity index (χ2n) is 17.4. The average molecular weight is 777 g/mol. The molecule has 300 valence electrons. The summed E-state index contributed by atoms with van der Waals surface area (Å²) in [5.74, 6) is -1.11. The van der Waals surface area contributed by atoms with Crippen LogP contribution in [0.1, 0.15) is 85.4 Å². The van der Waals surface area contributed by atoms with E-state index in [0.29, 0.717) is 5.56 Å². The molecule has 0 unspecified atom stereocenters. The van der Waals surface area contributed by atoms with Crippen LogP contribution in [-0.4, -0.2) is 37.4 Å². The lowest BCUT2D eigenvalue weighted by molar-refractivity contribution is -0.156. The summed E-state index contributed by atoms with van der Waals surface area (Å²) in [6.45, 7) is 18.9. The molecule has 7 nitrogen and oxygen atoms in total. The quantitative estimate of drug-likeness (QED) is 0.0509. The Kier molecular flexibility index (Phi) is 13.8. The van der Waals surface area contributed by atoms with E-state index in [2.05, 4.69) is 144 Å². The fraction of sp³-hybridized carbons (Fsp3) is 0.314. The van der Waals surface area contributed by atoms with E-state index in [9.17, 15) is 14.9 Å². The van der Waals surface area contributed by atoms with Crippen molar-refractivity contribution in [3.8, 4) is 28.3 Å². The summed E-state index contributed by atoms with van der Waals surface area (Å²) in [5.41, 5.74) is 10.2. The molecule has 0 fully saturated rings. The molecule has 0 N–H and O–H groups in total. The number of hydrogen-bond donors (Lipinski definition) is 0. The number of nitrogens with zero attached hydrogens (tertiary/aromatic N) is 2. The standard InChI is InChI=1S/C51H56N2O5/c1-49(2,3)42-20-12-37(13-21-42)39-16-26-45(27-17-39)53(46-28-18-40(19-29-46)38-14-22-43(23-15-38)50(4,5)6)44-24-10-36(11-25-44)34-41(35-52)48(55)57-33-32-56-31-30-47(54)58-51(7,8)9/h10-29,34H,30-33H2,1-9H3/b41-34-. The summed E-state index contributed by atoms with van der Waals surface area (Å²) in [7, 11) is 0. The second-order valence-corrected chi connectivity index (χ2v) is 17.4. The molecule has 5 aromatic rings. The molecule has 5 rings (SSSR count). The minimum atomic E-state index is -0.745. The molecule has 7 heteroatoms. The Morgan fingerprint density at radius 1 is 0.569 bits per heavy atom. The van der Waals surface area contributed by atoms with E-state index in [4.69, 9.17) is 14.2 Å². The zero-order valence-corrected chi connectivity index (χ0v) is 35.4. The molecule has 0 atom stereocenters. The first-order valence-corrected chi connectivity index (χ1v) is 19.8. The zero-order chi connectivity index (χ0) is 42.1. The van der Waals surface area contributed by atoms with Crippen molar-refractivity contribution in [3.63, 3.8) is 0 Å². The molecule has 0 heterocycles. The Hall–Kier alpha value is -5.97. The maximum atomic E-state index is 12.8. The summed E-state index contributed by atoms with van der Waals surface area (Å²) < 4.78 is 16.0. The highest BCUT2D eigenvalue weighted by molar-refractivity contribution is 5.98. The normalized spacial score (nSPS) is 12.1. The maximum Gasteiger partial charge on any atom is 0.348 e. The van der Waals surface area contributed by atoms with Crippen LogP contribution in [0, 0.1) is 11.3 Å². The van der Waals surface area contributed by atoms with Crippen LogP contribution in [0.25, 0.3) is 28.3 Å². The molecule has 0 saturated carbocycles. The minimum Gasteiger partial charge on any atom is -0.460 e. The summed E-state index contributed by atoms with van der Waals surface area (Å²) in [6.07, 6.45) is 1.61. The van der Waals surface area contributed by atoms with Crippen molar-refractivity contribution in [2.75, 3.05) is 24.7 Å². The van der Waals surface area contributed by atoms with Gasteiger partial charge in [-0.05, 0) is 113 Å². The van der Waals surface area contributed by atoms with Crippen LogP contribution in [0.2, 0.25) is 0 Å². The van der Waals surface area contributed by atoms with E-state index in [1.165, 1.54) is 17.2 Å².